The van der Waals surface area contributed by atoms with Gasteiger partial charge in [-0.25, -0.2) is 4.39 Å². The average molecular weight is 310 g/mol. The molecule has 1 aliphatic heterocycles. The summed E-state index contributed by atoms with van der Waals surface area (Å²) >= 11 is 0. The number of carbonyl (C=O) groups is 1. The van der Waals surface area contributed by atoms with Crippen LogP contribution in [0.3, 0.4) is 0 Å². The lowest BCUT2D eigenvalue weighted by molar-refractivity contribution is -0.117. The van der Waals surface area contributed by atoms with E-state index in [9.17, 15) is 9.18 Å². The summed E-state index contributed by atoms with van der Waals surface area (Å²) in [6.45, 7) is 0.828. The molecule has 1 amide bonds. The molecule has 1 heterocycles. The van der Waals surface area contributed by atoms with Crippen LogP contribution in [0.25, 0.3) is 0 Å². The van der Waals surface area contributed by atoms with Gasteiger partial charge in [-0.3, -0.25) is 4.79 Å². The van der Waals surface area contributed by atoms with Crippen molar-refractivity contribution in [2.24, 2.45) is 0 Å². The summed E-state index contributed by atoms with van der Waals surface area (Å²) in [5.74, 6) is 0.283. The topological polar surface area (TPSA) is 53.3 Å². The molecule has 0 aromatic heterocycles. The Morgan fingerprint density at radius 2 is 2.00 bits per heavy atom. The number of hydrogen-bond acceptors (Lipinski definition) is 3. The molecular weight excluding hydrogens is 295 g/mol. The maximum Gasteiger partial charge on any atom is 0.227 e. The van der Waals surface area contributed by atoms with Crippen LogP contribution in [0.4, 0.5) is 10.1 Å². The molecule has 0 atom stereocenters. The van der Waals surface area contributed by atoms with E-state index in [2.05, 4.69) is 0 Å². The van der Waals surface area contributed by atoms with Crippen molar-refractivity contribution in [2.75, 3.05) is 11.4 Å². The first kappa shape index (κ1) is 15.0. The molecule has 0 aliphatic carbocycles. The first-order valence-corrected chi connectivity index (χ1v) is 7.39. The summed E-state index contributed by atoms with van der Waals surface area (Å²) in [5, 5.41) is 8.72. The predicted octanol–water partition coefficient (Wildman–Crippen LogP) is 3.40. The Morgan fingerprint density at radius 1 is 1.22 bits per heavy atom. The highest BCUT2D eigenvalue weighted by atomic mass is 19.1. The van der Waals surface area contributed by atoms with Gasteiger partial charge in [-0.05, 0) is 42.8 Å². The van der Waals surface area contributed by atoms with Gasteiger partial charge >= 0.3 is 0 Å². The van der Waals surface area contributed by atoms with E-state index in [0.717, 1.165) is 18.7 Å². The summed E-state index contributed by atoms with van der Waals surface area (Å²) < 4.78 is 19.3. The van der Waals surface area contributed by atoms with Gasteiger partial charge in [0.25, 0.3) is 0 Å². The molecule has 0 unspecified atom stereocenters. The summed E-state index contributed by atoms with van der Waals surface area (Å²) in [7, 11) is 0. The summed E-state index contributed by atoms with van der Waals surface area (Å²) in [4.78, 5) is 13.4. The molecule has 0 spiro atoms. The third-order valence-corrected chi connectivity index (χ3v) is 3.80. The summed E-state index contributed by atoms with van der Waals surface area (Å²) in [6.07, 6.45) is 1.48. The van der Waals surface area contributed by atoms with Crippen LogP contribution in [0.15, 0.2) is 42.5 Å². The fraction of sp³-hybridized carbons (Fsp3) is 0.222. The van der Waals surface area contributed by atoms with Gasteiger partial charge in [-0.1, -0.05) is 6.07 Å². The van der Waals surface area contributed by atoms with Crippen LogP contribution in [0.1, 0.15) is 24.0 Å². The second-order valence-electron chi connectivity index (χ2n) is 5.35. The maximum absolute atomic E-state index is 13.8. The molecule has 4 nitrogen and oxygen atoms in total. The molecule has 2 aromatic rings. The van der Waals surface area contributed by atoms with E-state index in [-0.39, 0.29) is 18.1 Å². The fourth-order valence-corrected chi connectivity index (χ4v) is 2.54. The van der Waals surface area contributed by atoms with Crippen molar-refractivity contribution in [3.8, 4) is 11.8 Å². The zero-order chi connectivity index (χ0) is 16.2. The van der Waals surface area contributed by atoms with E-state index in [0.29, 0.717) is 17.7 Å². The van der Waals surface area contributed by atoms with Crippen molar-refractivity contribution in [2.45, 2.75) is 19.4 Å². The second-order valence-corrected chi connectivity index (χ2v) is 5.35. The fourth-order valence-electron chi connectivity index (χ4n) is 2.54. The number of amides is 1. The number of rotatable bonds is 4. The first-order chi connectivity index (χ1) is 11.2. The molecule has 23 heavy (non-hydrogen) atoms. The summed E-state index contributed by atoms with van der Waals surface area (Å²) in [6, 6.07) is 13.4. The van der Waals surface area contributed by atoms with Gasteiger partial charge < -0.3 is 9.64 Å². The first-order valence-electron chi connectivity index (χ1n) is 7.39. The normalized spacial score (nSPS) is 13.9. The van der Waals surface area contributed by atoms with Crippen LogP contribution >= 0.6 is 0 Å². The third kappa shape index (κ3) is 3.32. The molecule has 0 radical (unpaired) electrons. The lowest BCUT2D eigenvalue weighted by Crippen LogP contribution is -2.23. The van der Waals surface area contributed by atoms with Gasteiger partial charge in [-0.15, -0.1) is 0 Å². The summed E-state index contributed by atoms with van der Waals surface area (Å²) in [5.41, 5.74) is 1.53. The van der Waals surface area contributed by atoms with E-state index in [1.165, 1.54) is 6.07 Å². The Hall–Kier alpha value is -2.87. The van der Waals surface area contributed by atoms with Crippen molar-refractivity contribution < 1.29 is 13.9 Å². The van der Waals surface area contributed by atoms with Crippen LogP contribution in [0.2, 0.25) is 0 Å². The lowest BCUT2D eigenvalue weighted by atomic mass is 10.1. The number of ether oxygens (including phenoxy) is 1. The van der Waals surface area contributed by atoms with E-state index >= 15 is 0 Å². The number of nitrogens with zero attached hydrogens (tertiary/aromatic N) is 2. The monoisotopic (exact) mass is 310 g/mol. The molecule has 5 heteroatoms. The quantitative estimate of drug-likeness (QED) is 0.869. The van der Waals surface area contributed by atoms with Crippen molar-refractivity contribution >= 4 is 11.6 Å². The number of nitriles is 1. The Kier molecular flexibility index (Phi) is 4.24. The van der Waals surface area contributed by atoms with E-state index < -0.39 is 5.82 Å². The number of halogens is 1. The second kappa shape index (κ2) is 6.49. The van der Waals surface area contributed by atoms with E-state index in [4.69, 9.17) is 10.00 Å². The molecule has 0 bridgehead atoms. The van der Waals surface area contributed by atoms with Crippen LogP contribution in [-0.2, 0) is 11.4 Å². The smallest absolute Gasteiger partial charge is 0.227 e. The van der Waals surface area contributed by atoms with Gasteiger partial charge in [-0.2, -0.15) is 5.26 Å². The average Bonchev–Trinajstić information content (AvgIpc) is 3.00. The third-order valence-electron chi connectivity index (χ3n) is 3.80. The highest BCUT2D eigenvalue weighted by molar-refractivity contribution is 5.95. The van der Waals surface area contributed by atoms with E-state index in [1.807, 2.05) is 18.2 Å². The van der Waals surface area contributed by atoms with E-state index in [1.54, 1.807) is 29.2 Å². The number of benzene rings is 2. The molecule has 2 aromatic carbocycles. The number of hydrogen-bond donors (Lipinski definition) is 0. The van der Waals surface area contributed by atoms with Crippen molar-refractivity contribution in [3.63, 3.8) is 0 Å². The number of anilines is 1. The molecule has 0 N–H and O–H groups in total. The van der Waals surface area contributed by atoms with Crippen LogP contribution in [0.5, 0.6) is 5.75 Å². The van der Waals surface area contributed by atoms with Crippen molar-refractivity contribution in [3.05, 3.63) is 59.4 Å². The molecule has 1 fully saturated rings. The van der Waals surface area contributed by atoms with Gasteiger partial charge in [0, 0.05) is 24.2 Å². The van der Waals surface area contributed by atoms with Crippen molar-refractivity contribution in [1.29, 1.82) is 5.26 Å². The minimum absolute atomic E-state index is 0.0829. The molecular formula is C18H15FN2O2. The highest BCUT2D eigenvalue weighted by Crippen LogP contribution is 2.24. The lowest BCUT2D eigenvalue weighted by Gasteiger charge is -2.16. The zero-order valence-corrected chi connectivity index (χ0v) is 12.5. The molecule has 1 saturated heterocycles. The van der Waals surface area contributed by atoms with Gasteiger partial charge in [0.1, 0.15) is 18.2 Å². The highest BCUT2D eigenvalue weighted by Gasteiger charge is 2.21. The van der Waals surface area contributed by atoms with Crippen molar-refractivity contribution in [1.82, 2.24) is 0 Å². The van der Waals surface area contributed by atoms with Gasteiger partial charge in [0.05, 0.1) is 11.6 Å². The maximum atomic E-state index is 13.8. The van der Waals surface area contributed by atoms with Gasteiger partial charge in [0.2, 0.25) is 5.91 Å². The standard InChI is InChI=1S/C18H15FN2O2/c19-17-10-13(11-20)3-4-14(17)12-23-16-7-5-15(6-8-16)21-9-1-2-18(21)22/h3-8,10H,1-2,9,12H2. The Balaban J connectivity index is 1.65. The van der Waals surface area contributed by atoms with Crippen LogP contribution < -0.4 is 9.64 Å². The predicted molar refractivity (Wildman–Crippen MR) is 83.5 cm³/mol. The molecule has 1 aliphatic rings. The molecule has 0 saturated carbocycles. The molecule has 3 rings (SSSR count). The SMILES string of the molecule is N#Cc1ccc(COc2ccc(N3CCCC3=O)cc2)c(F)c1. The minimum atomic E-state index is -0.455. The Bertz CT molecular complexity index is 766. The van der Waals surface area contributed by atoms with Gasteiger partial charge in [0.15, 0.2) is 0 Å². The zero-order valence-electron chi connectivity index (χ0n) is 12.5. The van der Waals surface area contributed by atoms with Crippen LogP contribution in [-0.4, -0.2) is 12.5 Å². The minimum Gasteiger partial charge on any atom is -0.489 e. The van der Waals surface area contributed by atoms with Crippen LogP contribution in [0, 0.1) is 17.1 Å². The molecule has 116 valence electrons. The Morgan fingerprint density at radius 3 is 2.61 bits per heavy atom. The largest absolute Gasteiger partial charge is 0.489 e. The number of carbonyl (C=O) groups excluding carboxylic acids is 1. The Labute approximate surface area is 133 Å².